The van der Waals surface area contributed by atoms with Gasteiger partial charge in [-0.15, -0.1) is 11.3 Å². The number of benzene rings is 1. The molecule has 1 aliphatic carbocycles. The van der Waals surface area contributed by atoms with Gasteiger partial charge in [0.05, 0.1) is 12.7 Å². The van der Waals surface area contributed by atoms with Crippen LogP contribution >= 0.6 is 11.3 Å². The highest BCUT2D eigenvalue weighted by atomic mass is 32.1. The number of methoxy groups -OCH3 is 1. The minimum atomic E-state index is -0.679. The molecule has 1 N–H and O–H groups in total. The molecule has 3 rings (SSSR count). The zero-order valence-corrected chi connectivity index (χ0v) is 19.0. The summed E-state index contributed by atoms with van der Waals surface area (Å²) in [5.41, 5.74) is 2.52. The van der Waals surface area contributed by atoms with Crippen LogP contribution in [0.5, 0.6) is 11.5 Å². The SMILES string of the molecule is C/C=C/c1ccc(OCC(=O)OCC(=O)Nc2sc3c(c2C#N)CCCCC3)c(OC)c1. The maximum absolute atomic E-state index is 12.3. The molecule has 0 unspecified atom stereocenters. The lowest BCUT2D eigenvalue weighted by molar-refractivity contribution is -0.149. The molecular formula is C24H26N2O5S. The molecule has 0 bridgehead atoms. The molecule has 168 valence electrons. The zero-order valence-electron chi connectivity index (χ0n) is 18.2. The predicted molar refractivity (Wildman–Crippen MR) is 123 cm³/mol. The third-order valence-electron chi connectivity index (χ3n) is 5.04. The van der Waals surface area contributed by atoms with E-state index in [1.165, 1.54) is 18.4 Å². The summed E-state index contributed by atoms with van der Waals surface area (Å²) in [5.74, 6) is -0.268. The third kappa shape index (κ3) is 5.89. The van der Waals surface area contributed by atoms with Gasteiger partial charge in [-0.3, -0.25) is 4.79 Å². The van der Waals surface area contributed by atoms with Crippen LogP contribution < -0.4 is 14.8 Å². The van der Waals surface area contributed by atoms with Crippen molar-refractivity contribution in [3.8, 4) is 17.6 Å². The summed E-state index contributed by atoms with van der Waals surface area (Å²) in [6.07, 6.45) is 8.90. The van der Waals surface area contributed by atoms with Crippen LogP contribution in [0.1, 0.15) is 47.8 Å². The lowest BCUT2D eigenvalue weighted by Gasteiger charge is -2.11. The average Bonchev–Trinajstić information content (AvgIpc) is 2.95. The average molecular weight is 455 g/mol. The molecule has 1 heterocycles. The molecule has 0 atom stereocenters. The van der Waals surface area contributed by atoms with E-state index in [4.69, 9.17) is 14.2 Å². The number of allylic oxidation sites excluding steroid dienone is 1. The van der Waals surface area contributed by atoms with Crippen molar-refractivity contribution in [2.45, 2.75) is 39.0 Å². The first-order valence-corrected chi connectivity index (χ1v) is 11.3. The summed E-state index contributed by atoms with van der Waals surface area (Å²) < 4.78 is 15.8. The molecule has 0 spiro atoms. The van der Waals surface area contributed by atoms with Crippen molar-refractivity contribution in [3.05, 3.63) is 45.8 Å². The van der Waals surface area contributed by atoms with Crippen LogP contribution in [0.4, 0.5) is 5.00 Å². The van der Waals surface area contributed by atoms with Gasteiger partial charge < -0.3 is 19.5 Å². The molecule has 32 heavy (non-hydrogen) atoms. The van der Waals surface area contributed by atoms with Crippen LogP contribution in [-0.4, -0.2) is 32.2 Å². The Kier molecular flexibility index (Phi) is 8.28. The van der Waals surface area contributed by atoms with Gasteiger partial charge in [-0.25, -0.2) is 4.79 Å². The fourth-order valence-corrected chi connectivity index (χ4v) is 4.79. The molecule has 1 aliphatic rings. The second kappa shape index (κ2) is 11.3. The molecule has 0 aliphatic heterocycles. The van der Waals surface area contributed by atoms with E-state index in [9.17, 15) is 14.9 Å². The van der Waals surface area contributed by atoms with Crippen molar-refractivity contribution in [3.63, 3.8) is 0 Å². The van der Waals surface area contributed by atoms with Gasteiger partial charge in [0.15, 0.2) is 24.7 Å². The normalized spacial score (nSPS) is 13.0. The summed E-state index contributed by atoms with van der Waals surface area (Å²) in [6.45, 7) is 1.11. The van der Waals surface area contributed by atoms with Crippen molar-refractivity contribution in [1.29, 1.82) is 5.26 Å². The molecule has 2 aromatic rings. The molecule has 0 fully saturated rings. The summed E-state index contributed by atoms with van der Waals surface area (Å²) in [7, 11) is 1.52. The third-order valence-corrected chi connectivity index (χ3v) is 6.25. The number of nitriles is 1. The Morgan fingerprint density at radius 3 is 2.75 bits per heavy atom. The Hall–Kier alpha value is -3.31. The van der Waals surface area contributed by atoms with E-state index in [0.717, 1.165) is 48.1 Å². The molecule has 0 saturated carbocycles. The largest absolute Gasteiger partial charge is 0.493 e. The molecule has 1 aromatic carbocycles. The van der Waals surface area contributed by atoms with Crippen LogP contribution in [0, 0.1) is 11.3 Å². The topological polar surface area (TPSA) is 97.6 Å². The van der Waals surface area contributed by atoms with E-state index in [1.54, 1.807) is 12.1 Å². The second-order valence-electron chi connectivity index (χ2n) is 7.29. The Morgan fingerprint density at radius 1 is 1.19 bits per heavy atom. The van der Waals surface area contributed by atoms with Gasteiger partial charge in [0.1, 0.15) is 11.1 Å². The number of amides is 1. The number of fused-ring (bicyclic) bond motifs is 1. The van der Waals surface area contributed by atoms with Crippen LogP contribution in [0.25, 0.3) is 6.08 Å². The number of nitrogens with zero attached hydrogens (tertiary/aromatic N) is 1. The van der Waals surface area contributed by atoms with Gasteiger partial charge in [-0.05, 0) is 55.9 Å². The number of rotatable bonds is 8. The molecular weight excluding hydrogens is 428 g/mol. The highest BCUT2D eigenvalue weighted by molar-refractivity contribution is 7.16. The number of hydrogen-bond donors (Lipinski definition) is 1. The van der Waals surface area contributed by atoms with E-state index in [-0.39, 0.29) is 6.61 Å². The highest BCUT2D eigenvalue weighted by Crippen LogP contribution is 2.37. The quantitative estimate of drug-likeness (QED) is 0.466. The first-order chi connectivity index (χ1) is 15.5. The van der Waals surface area contributed by atoms with E-state index >= 15 is 0 Å². The number of hydrogen-bond acceptors (Lipinski definition) is 7. The van der Waals surface area contributed by atoms with E-state index < -0.39 is 18.5 Å². The standard InChI is InChI=1S/C24H26N2O5S/c1-3-7-16-10-11-19(20(12-16)29-2)30-15-23(28)31-14-22(27)26-24-18(13-25)17-8-5-4-6-9-21(17)32-24/h3,7,10-12H,4-6,8-9,14-15H2,1-2H3,(H,26,27)/b7-3+. The number of carbonyl (C=O) groups is 2. The van der Waals surface area contributed by atoms with Crippen LogP contribution in [0.3, 0.4) is 0 Å². The number of carbonyl (C=O) groups excluding carboxylic acids is 2. The molecule has 1 aromatic heterocycles. The molecule has 1 amide bonds. The number of esters is 1. The number of ether oxygens (including phenoxy) is 3. The number of anilines is 1. The maximum Gasteiger partial charge on any atom is 0.344 e. The summed E-state index contributed by atoms with van der Waals surface area (Å²) in [6, 6.07) is 7.56. The first kappa shape index (κ1) is 23.4. The number of nitrogens with one attached hydrogen (secondary N) is 1. The van der Waals surface area contributed by atoms with Crippen molar-refractivity contribution < 1.29 is 23.8 Å². The van der Waals surface area contributed by atoms with E-state index in [0.29, 0.717) is 22.1 Å². The van der Waals surface area contributed by atoms with Gasteiger partial charge in [-0.1, -0.05) is 24.6 Å². The highest BCUT2D eigenvalue weighted by Gasteiger charge is 2.21. The van der Waals surface area contributed by atoms with Gasteiger partial charge in [0.25, 0.3) is 5.91 Å². The maximum atomic E-state index is 12.3. The zero-order chi connectivity index (χ0) is 22.9. The molecule has 0 radical (unpaired) electrons. The van der Waals surface area contributed by atoms with Crippen LogP contribution in [0.2, 0.25) is 0 Å². The lowest BCUT2D eigenvalue weighted by atomic mass is 10.1. The summed E-state index contributed by atoms with van der Waals surface area (Å²) in [4.78, 5) is 25.5. The van der Waals surface area contributed by atoms with Gasteiger partial charge in [0, 0.05) is 4.88 Å². The van der Waals surface area contributed by atoms with Crippen LogP contribution in [-0.2, 0) is 27.2 Å². The summed E-state index contributed by atoms with van der Waals surface area (Å²) >= 11 is 1.44. The second-order valence-corrected chi connectivity index (χ2v) is 8.39. The molecule has 7 nitrogen and oxygen atoms in total. The smallest absolute Gasteiger partial charge is 0.344 e. The van der Waals surface area contributed by atoms with Gasteiger partial charge in [0.2, 0.25) is 0 Å². The monoisotopic (exact) mass is 454 g/mol. The Bertz CT molecular complexity index is 1050. The number of thiophene rings is 1. The molecule has 8 heteroatoms. The fraction of sp³-hybridized carbons (Fsp3) is 0.375. The predicted octanol–water partition coefficient (Wildman–Crippen LogP) is 4.49. The van der Waals surface area contributed by atoms with Crippen molar-refractivity contribution in [2.75, 3.05) is 25.6 Å². The Labute approximate surface area is 191 Å². The van der Waals surface area contributed by atoms with Gasteiger partial charge >= 0.3 is 5.97 Å². The number of aryl methyl sites for hydroxylation is 1. The fourth-order valence-electron chi connectivity index (χ4n) is 3.54. The minimum Gasteiger partial charge on any atom is -0.493 e. The van der Waals surface area contributed by atoms with Gasteiger partial charge in [-0.2, -0.15) is 5.26 Å². The van der Waals surface area contributed by atoms with E-state index in [2.05, 4.69) is 11.4 Å². The summed E-state index contributed by atoms with van der Waals surface area (Å²) in [5, 5.41) is 12.8. The van der Waals surface area contributed by atoms with Crippen molar-refractivity contribution >= 4 is 34.3 Å². The Morgan fingerprint density at radius 2 is 2.00 bits per heavy atom. The molecule has 0 saturated heterocycles. The Balaban J connectivity index is 1.52. The van der Waals surface area contributed by atoms with E-state index in [1.807, 2.05) is 25.1 Å². The van der Waals surface area contributed by atoms with Crippen molar-refractivity contribution in [1.82, 2.24) is 0 Å². The first-order valence-electron chi connectivity index (χ1n) is 10.5. The minimum absolute atomic E-state index is 0.358. The lowest BCUT2D eigenvalue weighted by Crippen LogP contribution is -2.23. The van der Waals surface area contributed by atoms with Crippen molar-refractivity contribution in [2.24, 2.45) is 0 Å². The van der Waals surface area contributed by atoms with Crippen LogP contribution in [0.15, 0.2) is 24.3 Å².